The van der Waals surface area contributed by atoms with Gasteiger partial charge in [0.2, 0.25) is 0 Å². The highest BCUT2D eigenvalue weighted by atomic mass is 19.1. The van der Waals surface area contributed by atoms with Crippen LogP contribution in [-0.2, 0) is 5.54 Å². The fraction of sp³-hybridized carbons (Fsp3) is 0.538. The van der Waals surface area contributed by atoms with E-state index in [-0.39, 0.29) is 0 Å². The van der Waals surface area contributed by atoms with Crippen LogP contribution in [0.1, 0.15) is 44.1 Å². The fourth-order valence-electron chi connectivity index (χ4n) is 2.49. The summed E-state index contributed by atoms with van der Waals surface area (Å²) in [6.45, 7) is 0. The average Bonchev–Trinajstić information content (AvgIpc) is 2.43. The second-order valence-electron chi connectivity index (χ2n) is 4.73. The summed E-state index contributed by atoms with van der Waals surface area (Å²) in [7, 11) is 0. The molecule has 0 radical (unpaired) electrons. The Hall–Kier alpha value is -0.960. The molecule has 1 aromatic carbocycles. The van der Waals surface area contributed by atoms with E-state index in [2.05, 4.69) is 0 Å². The maximum absolute atomic E-state index is 13.2. The molecule has 0 amide bonds. The van der Waals surface area contributed by atoms with Crippen molar-refractivity contribution < 1.29 is 8.78 Å². The summed E-state index contributed by atoms with van der Waals surface area (Å²) in [5.41, 5.74) is 6.35. The molecule has 0 unspecified atom stereocenters. The molecule has 2 N–H and O–H groups in total. The Morgan fingerprint density at radius 3 is 1.88 bits per heavy atom. The third-order valence-corrected chi connectivity index (χ3v) is 3.43. The van der Waals surface area contributed by atoms with E-state index in [0.29, 0.717) is 5.56 Å². The Bertz CT molecular complexity index is 348. The summed E-state index contributed by atoms with van der Waals surface area (Å²) in [5, 5.41) is 0. The first kappa shape index (κ1) is 11.5. The maximum atomic E-state index is 13.2. The molecule has 0 spiro atoms. The van der Waals surface area contributed by atoms with Gasteiger partial charge in [-0.05, 0) is 30.5 Å². The van der Waals surface area contributed by atoms with Crippen LogP contribution in [0, 0.1) is 11.6 Å². The highest BCUT2D eigenvalue weighted by Gasteiger charge is 2.29. The quantitative estimate of drug-likeness (QED) is 0.727. The molecule has 1 aromatic rings. The van der Waals surface area contributed by atoms with Crippen LogP contribution in [0.2, 0.25) is 0 Å². The summed E-state index contributed by atoms with van der Waals surface area (Å²) in [4.78, 5) is 0. The lowest BCUT2D eigenvalue weighted by Gasteiger charge is -2.28. The number of hydrogen-bond acceptors (Lipinski definition) is 1. The van der Waals surface area contributed by atoms with Gasteiger partial charge in [-0.25, -0.2) is 8.78 Å². The second-order valence-corrected chi connectivity index (χ2v) is 4.73. The van der Waals surface area contributed by atoms with Crippen LogP contribution in [0.25, 0.3) is 0 Å². The molecule has 1 nitrogen and oxygen atoms in total. The minimum atomic E-state index is -0.542. The molecule has 0 bridgehead atoms. The molecule has 88 valence electrons. The summed E-state index contributed by atoms with van der Waals surface area (Å²) < 4.78 is 26.3. The molecule has 1 aliphatic carbocycles. The number of rotatable bonds is 1. The van der Waals surface area contributed by atoms with Crippen LogP contribution in [0.3, 0.4) is 0 Å². The van der Waals surface area contributed by atoms with Crippen LogP contribution in [-0.4, -0.2) is 0 Å². The lowest BCUT2D eigenvalue weighted by Crippen LogP contribution is -2.36. The zero-order chi connectivity index (χ0) is 11.6. The van der Waals surface area contributed by atoms with Crippen molar-refractivity contribution >= 4 is 0 Å². The van der Waals surface area contributed by atoms with Gasteiger partial charge in [0.05, 0.1) is 0 Å². The topological polar surface area (TPSA) is 26.0 Å². The summed E-state index contributed by atoms with van der Waals surface area (Å²) in [6, 6.07) is 3.63. The summed E-state index contributed by atoms with van der Waals surface area (Å²) in [6.07, 6.45) is 6.03. The van der Waals surface area contributed by atoms with E-state index >= 15 is 0 Å². The van der Waals surface area contributed by atoms with Crippen molar-refractivity contribution in [1.82, 2.24) is 0 Å². The van der Waals surface area contributed by atoms with Gasteiger partial charge in [0.1, 0.15) is 11.6 Å². The SMILES string of the molecule is NC1(c2cc(F)cc(F)c2)CCCCCC1. The van der Waals surface area contributed by atoms with E-state index in [0.717, 1.165) is 44.6 Å². The Morgan fingerprint density at radius 2 is 1.38 bits per heavy atom. The van der Waals surface area contributed by atoms with E-state index in [1.54, 1.807) is 0 Å². The number of hydrogen-bond donors (Lipinski definition) is 1. The monoisotopic (exact) mass is 225 g/mol. The fourth-order valence-corrected chi connectivity index (χ4v) is 2.49. The van der Waals surface area contributed by atoms with E-state index < -0.39 is 17.2 Å². The predicted octanol–water partition coefficient (Wildman–Crippen LogP) is 3.47. The standard InChI is InChI=1S/C13H17F2N/c14-11-7-10(8-12(15)9-11)13(16)5-3-1-2-4-6-13/h7-9H,1-6,16H2. The van der Waals surface area contributed by atoms with Gasteiger partial charge in [0.15, 0.2) is 0 Å². The third kappa shape index (κ3) is 2.40. The predicted molar refractivity (Wildman–Crippen MR) is 59.9 cm³/mol. The first-order valence-corrected chi connectivity index (χ1v) is 5.86. The summed E-state index contributed by atoms with van der Waals surface area (Å²) in [5.74, 6) is -1.08. The zero-order valence-electron chi connectivity index (χ0n) is 9.31. The molecule has 3 heteroatoms. The van der Waals surface area contributed by atoms with Crippen LogP contribution in [0.5, 0.6) is 0 Å². The lowest BCUT2D eigenvalue weighted by molar-refractivity contribution is 0.381. The van der Waals surface area contributed by atoms with Crippen molar-refractivity contribution in [3.63, 3.8) is 0 Å². The molecular weight excluding hydrogens is 208 g/mol. The van der Waals surface area contributed by atoms with E-state index in [1.165, 1.54) is 12.1 Å². The normalized spacial score (nSPS) is 20.4. The molecule has 16 heavy (non-hydrogen) atoms. The van der Waals surface area contributed by atoms with E-state index in [9.17, 15) is 8.78 Å². The molecule has 0 aliphatic heterocycles. The van der Waals surface area contributed by atoms with Gasteiger partial charge in [0, 0.05) is 11.6 Å². The van der Waals surface area contributed by atoms with Gasteiger partial charge in [-0.3, -0.25) is 0 Å². The largest absolute Gasteiger partial charge is 0.321 e. The lowest BCUT2D eigenvalue weighted by atomic mass is 9.84. The molecule has 1 aliphatic rings. The highest BCUT2D eigenvalue weighted by molar-refractivity contribution is 5.26. The smallest absolute Gasteiger partial charge is 0.126 e. The number of nitrogens with two attached hydrogens (primary N) is 1. The Labute approximate surface area is 94.7 Å². The number of benzene rings is 1. The number of halogens is 2. The maximum Gasteiger partial charge on any atom is 0.126 e. The Balaban J connectivity index is 2.32. The van der Waals surface area contributed by atoms with Gasteiger partial charge >= 0.3 is 0 Å². The van der Waals surface area contributed by atoms with Crippen LogP contribution >= 0.6 is 0 Å². The Kier molecular flexibility index (Phi) is 3.24. The first-order chi connectivity index (χ1) is 7.60. The van der Waals surface area contributed by atoms with E-state index in [1.807, 2.05) is 0 Å². The van der Waals surface area contributed by atoms with Crippen molar-refractivity contribution in [2.45, 2.75) is 44.1 Å². The van der Waals surface area contributed by atoms with Gasteiger partial charge in [-0.15, -0.1) is 0 Å². The molecule has 2 rings (SSSR count). The zero-order valence-corrected chi connectivity index (χ0v) is 9.31. The van der Waals surface area contributed by atoms with Crippen molar-refractivity contribution in [2.24, 2.45) is 5.73 Å². The van der Waals surface area contributed by atoms with Crippen molar-refractivity contribution in [1.29, 1.82) is 0 Å². The van der Waals surface area contributed by atoms with Crippen LogP contribution in [0.4, 0.5) is 8.78 Å². The van der Waals surface area contributed by atoms with Crippen LogP contribution < -0.4 is 5.73 Å². The first-order valence-electron chi connectivity index (χ1n) is 5.86. The van der Waals surface area contributed by atoms with Crippen molar-refractivity contribution in [3.05, 3.63) is 35.4 Å². The molecule has 1 saturated carbocycles. The minimum Gasteiger partial charge on any atom is -0.321 e. The van der Waals surface area contributed by atoms with Gasteiger partial charge < -0.3 is 5.73 Å². The molecule has 0 heterocycles. The highest BCUT2D eigenvalue weighted by Crippen LogP contribution is 2.34. The Morgan fingerprint density at radius 1 is 0.875 bits per heavy atom. The average molecular weight is 225 g/mol. The van der Waals surface area contributed by atoms with Crippen LogP contribution in [0.15, 0.2) is 18.2 Å². The second kappa shape index (κ2) is 4.50. The molecule has 0 aromatic heterocycles. The van der Waals surface area contributed by atoms with Crippen molar-refractivity contribution in [3.8, 4) is 0 Å². The molecule has 0 atom stereocenters. The van der Waals surface area contributed by atoms with Gasteiger partial charge in [0.25, 0.3) is 0 Å². The minimum absolute atomic E-state index is 0.538. The van der Waals surface area contributed by atoms with Crippen molar-refractivity contribution in [2.75, 3.05) is 0 Å². The van der Waals surface area contributed by atoms with Gasteiger partial charge in [-0.2, -0.15) is 0 Å². The molecule has 0 saturated heterocycles. The molecule has 1 fully saturated rings. The third-order valence-electron chi connectivity index (χ3n) is 3.43. The van der Waals surface area contributed by atoms with Gasteiger partial charge in [-0.1, -0.05) is 25.7 Å². The van der Waals surface area contributed by atoms with E-state index in [4.69, 9.17) is 5.73 Å². The molecular formula is C13H17F2N. The summed E-state index contributed by atoms with van der Waals surface area (Å²) >= 11 is 0.